The fraction of sp³-hybridized carbons (Fsp3) is 0.214. The normalized spacial score (nSPS) is 14.6. The van der Waals surface area contributed by atoms with Gasteiger partial charge in [-0.2, -0.15) is 0 Å². The summed E-state index contributed by atoms with van der Waals surface area (Å²) in [7, 11) is 0. The van der Waals surface area contributed by atoms with E-state index in [1.807, 2.05) is 30.3 Å². The van der Waals surface area contributed by atoms with Gasteiger partial charge in [0.25, 0.3) is 5.91 Å². The predicted octanol–water partition coefficient (Wildman–Crippen LogP) is 2.84. The van der Waals surface area contributed by atoms with Crippen LogP contribution in [0.3, 0.4) is 0 Å². The van der Waals surface area contributed by atoms with Crippen molar-refractivity contribution in [3.8, 4) is 11.1 Å². The highest BCUT2D eigenvalue weighted by molar-refractivity contribution is 5.93. The number of hydrogen-bond donors (Lipinski definition) is 1. The van der Waals surface area contributed by atoms with Crippen LogP contribution in [0.2, 0.25) is 0 Å². The second-order valence-electron chi connectivity index (χ2n) is 4.31. The van der Waals surface area contributed by atoms with E-state index in [-0.39, 0.29) is 5.91 Å². The quantitative estimate of drug-likeness (QED) is 0.876. The average molecular weight is 227 g/mol. The zero-order valence-corrected chi connectivity index (χ0v) is 9.35. The molecule has 1 aromatic carbocycles. The zero-order chi connectivity index (χ0) is 11.7. The minimum absolute atomic E-state index is 0.116. The third-order valence-corrected chi connectivity index (χ3v) is 2.84. The van der Waals surface area contributed by atoms with Crippen LogP contribution in [0.5, 0.6) is 0 Å². The highest BCUT2D eigenvalue weighted by atomic mass is 16.3. The monoisotopic (exact) mass is 227 g/mol. The van der Waals surface area contributed by atoms with E-state index in [0.29, 0.717) is 11.8 Å². The lowest BCUT2D eigenvalue weighted by atomic mass is 10.1. The van der Waals surface area contributed by atoms with E-state index in [4.69, 9.17) is 4.42 Å². The van der Waals surface area contributed by atoms with Crippen LogP contribution in [-0.2, 0) is 0 Å². The second kappa shape index (κ2) is 4.09. The topological polar surface area (TPSA) is 42.2 Å². The van der Waals surface area contributed by atoms with E-state index in [9.17, 15) is 4.79 Å². The Morgan fingerprint density at radius 2 is 1.94 bits per heavy atom. The smallest absolute Gasteiger partial charge is 0.287 e. The molecule has 0 spiro atoms. The molecule has 1 N–H and O–H groups in total. The van der Waals surface area contributed by atoms with E-state index in [2.05, 4.69) is 5.32 Å². The molecule has 3 nitrogen and oxygen atoms in total. The third kappa shape index (κ3) is 2.23. The lowest BCUT2D eigenvalue weighted by Crippen LogP contribution is -2.24. The summed E-state index contributed by atoms with van der Waals surface area (Å²) in [6, 6.07) is 12.0. The van der Waals surface area contributed by atoms with Crippen molar-refractivity contribution in [1.82, 2.24) is 5.32 Å². The Labute approximate surface area is 99.4 Å². The molecule has 86 valence electrons. The molecule has 1 aliphatic carbocycles. The summed E-state index contributed by atoms with van der Waals surface area (Å²) in [6.45, 7) is 0. The molecule has 0 unspecified atom stereocenters. The minimum atomic E-state index is -0.116. The molecule has 0 saturated heterocycles. The SMILES string of the molecule is O=C(NC1CC1)c1cc(-c2ccccc2)co1. The highest BCUT2D eigenvalue weighted by Crippen LogP contribution is 2.23. The molecule has 1 amide bonds. The van der Waals surface area contributed by atoms with Crippen molar-refractivity contribution in [3.63, 3.8) is 0 Å². The second-order valence-corrected chi connectivity index (χ2v) is 4.31. The van der Waals surface area contributed by atoms with Crippen molar-refractivity contribution in [2.45, 2.75) is 18.9 Å². The van der Waals surface area contributed by atoms with Gasteiger partial charge in [0.1, 0.15) is 0 Å². The molecule has 1 aromatic heterocycles. The first-order chi connectivity index (χ1) is 8.33. The molecule has 1 aliphatic rings. The van der Waals surface area contributed by atoms with E-state index in [0.717, 1.165) is 24.0 Å². The standard InChI is InChI=1S/C14H13NO2/c16-14(15-12-6-7-12)13-8-11(9-17-13)10-4-2-1-3-5-10/h1-5,8-9,12H,6-7H2,(H,15,16). The number of furan rings is 1. The maximum absolute atomic E-state index is 11.7. The van der Waals surface area contributed by atoms with Crippen LogP contribution >= 0.6 is 0 Å². The first kappa shape index (κ1) is 10.1. The summed E-state index contributed by atoms with van der Waals surface area (Å²) in [5, 5.41) is 2.90. The van der Waals surface area contributed by atoms with Crippen LogP contribution in [0, 0.1) is 0 Å². The Bertz CT molecular complexity index is 526. The van der Waals surface area contributed by atoms with Crippen molar-refractivity contribution in [3.05, 3.63) is 48.4 Å². The molecule has 0 atom stereocenters. The maximum Gasteiger partial charge on any atom is 0.287 e. The summed E-state index contributed by atoms with van der Waals surface area (Å²) >= 11 is 0. The van der Waals surface area contributed by atoms with Crippen LogP contribution in [0.1, 0.15) is 23.4 Å². The van der Waals surface area contributed by atoms with Gasteiger partial charge in [0.15, 0.2) is 5.76 Å². The molecular formula is C14H13NO2. The number of amides is 1. The molecule has 1 fully saturated rings. The summed E-state index contributed by atoms with van der Waals surface area (Å²) in [5.74, 6) is 0.269. The predicted molar refractivity (Wildman–Crippen MR) is 64.6 cm³/mol. The fourth-order valence-corrected chi connectivity index (χ4v) is 1.72. The van der Waals surface area contributed by atoms with Gasteiger partial charge in [0.2, 0.25) is 0 Å². The van der Waals surface area contributed by atoms with E-state index < -0.39 is 0 Å². The number of benzene rings is 1. The molecule has 17 heavy (non-hydrogen) atoms. The van der Waals surface area contributed by atoms with Crippen molar-refractivity contribution in [2.75, 3.05) is 0 Å². The first-order valence-electron chi connectivity index (χ1n) is 5.78. The van der Waals surface area contributed by atoms with Crippen molar-refractivity contribution < 1.29 is 9.21 Å². The van der Waals surface area contributed by atoms with Crippen LogP contribution < -0.4 is 5.32 Å². The van der Waals surface area contributed by atoms with Gasteiger partial charge in [0, 0.05) is 11.6 Å². The van der Waals surface area contributed by atoms with E-state index in [1.165, 1.54) is 0 Å². The van der Waals surface area contributed by atoms with Crippen LogP contribution in [0.25, 0.3) is 11.1 Å². The number of nitrogens with one attached hydrogen (secondary N) is 1. The summed E-state index contributed by atoms with van der Waals surface area (Å²) in [4.78, 5) is 11.7. The third-order valence-electron chi connectivity index (χ3n) is 2.84. The molecular weight excluding hydrogens is 214 g/mol. The van der Waals surface area contributed by atoms with Crippen LogP contribution in [-0.4, -0.2) is 11.9 Å². The number of rotatable bonds is 3. The molecule has 0 aliphatic heterocycles. The largest absolute Gasteiger partial charge is 0.459 e. The molecule has 1 saturated carbocycles. The Balaban J connectivity index is 1.80. The van der Waals surface area contributed by atoms with Crippen LogP contribution in [0.4, 0.5) is 0 Å². The van der Waals surface area contributed by atoms with Crippen molar-refractivity contribution >= 4 is 5.91 Å². The lowest BCUT2D eigenvalue weighted by Gasteiger charge is -1.97. The molecule has 0 bridgehead atoms. The molecule has 0 radical (unpaired) electrons. The summed E-state index contributed by atoms with van der Waals surface area (Å²) < 4.78 is 5.30. The number of carbonyl (C=O) groups excluding carboxylic acids is 1. The van der Waals surface area contributed by atoms with Gasteiger partial charge in [0.05, 0.1) is 6.26 Å². The summed E-state index contributed by atoms with van der Waals surface area (Å²) in [6.07, 6.45) is 3.78. The Kier molecular flexibility index (Phi) is 2.44. The minimum Gasteiger partial charge on any atom is -0.459 e. The zero-order valence-electron chi connectivity index (χ0n) is 9.35. The van der Waals surface area contributed by atoms with Gasteiger partial charge in [-0.15, -0.1) is 0 Å². The van der Waals surface area contributed by atoms with Gasteiger partial charge in [-0.3, -0.25) is 4.79 Å². The average Bonchev–Trinajstić information content (AvgIpc) is 3.04. The van der Waals surface area contributed by atoms with Gasteiger partial charge in [-0.05, 0) is 24.5 Å². The Morgan fingerprint density at radius 1 is 1.18 bits per heavy atom. The first-order valence-corrected chi connectivity index (χ1v) is 5.78. The molecule has 3 heteroatoms. The Hall–Kier alpha value is -2.03. The van der Waals surface area contributed by atoms with Crippen LogP contribution in [0.15, 0.2) is 47.1 Å². The fourth-order valence-electron chi connectivity index (χ4n) is 1.72. The molecule has 2 aromatic rings. The number of hydrogen-bond acceptors (Lipinski definition) is 2. The lowest BCUT2D eigenvalue weighted by molar-refractivity contribution is 0.0923. The van der Waals surface area contributed by atoms with Crippen molar-refractivity contribution in [2.24, 2.45) is 0 Å². The summed E-state index contributed by atoms with van der Waals surface area (Å²) in [5.41, 5.74) is 1.99. The van der Waals surface area contributed by atoms with E-state index in [1.54, 1.807) is 12.3 Å². The van der Waals surface area contributed by atoms with Crippen molar-refractivity contribution in [1.29, 1.82) is 0 Å². The van der Waals surface area contributed by atoms with Gasteiger partial charge in [-0.1, -0.05) is 30.3 Å². The van der Waals surface area contributed by atoms with Gasteiger partial charge < -0.3 is 9.73 Å². The molecule has 1 heterocycles. The van der Waals surface area contributed by atoms with Gasteiger partial charge >= 0.3 is 0 Å². The van der Waals surface area contributed by atoms with E-state index >= 15 is 0 Å². The highest BCUT2D eigenvalue weighted by Gasteiger charge is 2.25. The Morgan fingerprint density at radius 3 is 2.65 bits per heavy atom. The molecule has 3 rings (SSSR count). The van der Waals surface area contributed by atoms with Gasteiger partial charge in [-0.25, -0.2) is 0 Å². The maximum atomic E-state index is 11.7. The number of carbonyl (C=O) groups is 1.